The van der Waals surface area contributed by atoms with Crippen LogP contribution in [-0.2, 0) is 16.1 Å². The van der Waals surface area contributed by atoms with Crippen molar-refractivity contribution in [1.29, 1.82) is 0 Å². The van der Waals surface area contributed by atoms with Gasteiger partial charge in [0.1, 0.15) is 0 Å². The molecule has 5 nitrogen and oxygen atoms in total. The van der Waals surface area contributed by atoms with Crippen LogP contribution in [0.5, 0.6) is 0 Å². The standard InChI is InChI=1S/C28H36N2O3/c1-5-7-10-23(26(31)6-2)17-24-16-19(3)9-8-11-25(20(24)4)28(33)30-18-21-12-14-22(15-13-21)27(29)32/h8-9,11-15,17,20,24H,3,5-7,10,16,18H2,1-2,4H3,(H2,29,32)(H,30,33)/b9-8-,23-17+,25-11+. The first-order valence-corrected chi connectivity index (χ1v) is 11.7. The van der Waals surface area contributed by atoms with Gasteiger partial charge < -0.3 is 11.1 Å². The first kappa shape index (κ1) is 26.0. The summed E-state index contributed by atoms with van der Waals surface area (Å²) in [6.07, 6.45) is 11.7. The number of benzene rings is 1. The van der Waals surface area contributed by atoms with Crippen molar-refractivity contribution in [1.82, 2.24) is 5.32 Å². The molecule has 0 spiro atoms. The van der Waals surface area contributed by atoms with E-state index in [9.17, 15) is 14.4 Å². The highest BCUT2D eigenvalue weighted by Gasteiger charge is 2.26. The molecule has 0 saturated heterocycles. The van der Waals surface area contributed by atoms with E-state index in [1.165, 1.54) is 0 Å². The molecular formula is C28H36N2O3. The number of carbonyl (C=O) groups excluding carboxylic acids is 3. The number of hydrogen-bond acceptors (Lipinski definition) is 3. The Balaban J connectivity index is 2.22. The molecule has 1 aliphatic rings. The van der Waals surface area contributed by atoms with Gasteiger partial charge in [-0.15, -0.1) is 0 Å². The molecule has 0 saturated carbocycles. The lowest BCUT2D eigenvalue weighted by atomic mass is 9.79. The van der Waals surface area contributed by atoms with Gasteiger partial charge in [0, 0.05) is 24.1 Å². The van der Waals surface area contributed by atoms with E-state index in [2.05, 4.69) is 24.9 Å². The fraction of sp³-hybridized carbons (Fsp3) is 0.393. The second-order valence-electron chi connectivity index (χ2n) is 8.61. The van der Waals surface area contributed by atoms with E-state index in [1.54, 1.807) is 24.3 Å². The monoisotopic (exact) mass is 448 g/mol. The number of nitrogens with two attached hydrogens (primary N) is 1. The molecule has 176 valence electrons. The van der Waals surface area contributed by atoms with Crippen LogP contribution in [0.15, 0.2) is 71.9 Å². The largest absolute Gasteiger partial charge is 0.366 e. The number of hydrogen-bond donors (Lipinski definition) is 2. The number of nitrogens with one attached hydrogen (secondary N) is 1. The van der Waals surface area contributed by atoms with Crippen molar-refractivity contribution in [3.05, 3.63) is 83.0 Å². The fourth-order valence-corrected chi connectivity index (χ4v) is 3.94. The Hall–Kier alpha value is -3.21. The third-order valence-corrected chi connectivity index (χ3v) is 6.09. The van der Waals surface area contributed by atoms with Crippen molar-refractivity contribution < 1.29 is 14.4 Å². The zero-order chi connectivity index (χ0) is 24.4. The Morgan fingerprint density at radius 3 is 2.48 bits per heavy atom. The maximum absolute atomic E-state index is 13.1. The van der Waals surface area contributed by atoms with Crippen LogP contribution in [0.4, 0.5) is 0 Å². The lowest BCUT2D eigenvalue weighted by Crippen LogP contribution is -2.30. The number of rotatable bonds is 10. The van der Waals surface area contributed by atoms with Crippen molar-refractivity contribution in [2.75, 3.05) is 0 Å². The summed E-state index contributed by atoms with van der Waals surface area (Å²) >= 11 is 0. The molecular weight excluding hydrogens is 412 g/mol. The van der Waals surface area contributed by atoms with Crippen LogP contribution in [0.25, 0.3) is 0 Å². The van der Waals surface area contributed by atoms with Crippen LogP contribution < -0.4 is 11.1 Å². The molecule has 0 bridgehead atoms. The summed E-state index contributed by atoms with van der Waals surface area (Å²) in [5.41, 5.74) is 9.11. The van der Waals surface area contributed by atoms with Gasteiger partial charge >= 0.3 is 0 Å². The number of amides is 2. The minimum Gasteiger partial charge on any atom is -0.366 e. The van der Waals surface area contributed by atoms with Gasteiger partial charge in [0.05, 0.1) is 0 Å². The van der Waals surface area contributed by atoms with Crippen molar-refractivity contribution in [2.24, 2.45) is 17.6 Å². The lowest BCUT2D eigenvalue weighted by Gasteiger charge is -2.26. The van der Waals surface area contributed by atoms with Gasteiger partial charge in [-0.3, -0.25) is 14.4 Å². The van der Waals surface area contributed by atoms with E-state index in [4.69, 9.17) is 5.73 Å². The molecule has 0 aliphatic heterocycles. The first-order valence-electron chi connectivity index (χ1n) is 11.7. The molecule has 0 fully saturated rings. The summed E-state index contributed by atoms with van der Waals surface area (Å²) in [4.78, 5) is 36.9. The quantitative estimate of drug-likeness (QED) is 0.483. The fourth-order valence-electron chi connectivity index (χ4n) is 3.94. The molecule has 1 aliphatic carbocycles. The number of unbranched alkanes of at least 4 members (excludes halogenated alkanes) is 1. The molecule has 2 amide bonds. The summed E-state index contributed by atoms with van der Waals surface area (Å²) in [5.74, 6) is -0.518. The molecule has 0 aromatic heterocycles. The van der Waals surface area contributed by atoms with Crippen LogP contribution in [0, 0.1) is 11.8 Å². The highest BCUT2D eigenvalue weighted by atomic mass is 16.2. The van der Waals surface area contributed by atoms with Crippen LogP contribution in [0.3, 0.4) is 0 Å². The molecule has 2 rings (SSSR count). The number of primary amides is 1. The van der Waals surface area contributed by atoms with E-state index < -0.39 is 5.91 Å². The van der Waals surface area contributed by atoms with Gasteiger partial charge in [-0.05, 0) is 54.4 Å². The molecule has 1 aromatic carbocycles. The Bertz CT molecular complexity index is 967. The smallest absolute Gasteiger partial charge is 0.248 e. The number of Topliss-reactive ketones (excluding diaryl/α,β-unsaturated/α-hetero) is 1. The van der Waals surface area contributed by atoms with E-state index in [1.807, 2.05) is 32.1 Å². The van der Waals surface area contributed by atoms with Crippen molar-refractivity contribution in [3.8, 4) is 0 Å². The summed E-state index contributed by atoms with van der Waals surface area (Å²) in [7, 11) is 0. The Morgan fingerprint density at radius 2 is 1.88 bits per heavy atom. The van der Waals surface area contributed by atoms with Gasteiger partial charge in [0.15, 0.2) is 5.78 Å². The normalized spacial score (nSPS) is 21.4. The molecule has 0 heterocycles. The first-order chi connectivity index (χ1) is 15.8. The highest BCUT2D eigenvalue weighted by Crippen LogP contribution is 2.32. The molecule has 2 unspecified atom stereocenters. The summed E-state index contributed by atoms with van der Waals surface area (Å²) in [5, 5.41) is 2.98. The van der Waals surface area contributed by atoms with Crippen LogP contribution in [0.1, 0.15) is 68.8 Å². The SMILES string of the molecule is C=C1/C=C\C=C(\C(=O)NCc2ccc(C(N)=O)cc2)C(C)C(/C=C(\CCCC)C(=O)CC)C1. The van der Waals surface area contributed by atoms with E-state index in [0.717, 1.165) is 36.0 Å². The van der Waals surface area contributed by atoms with E-state index >= 15 is 0 Å². The number of carbonyl (C=O) groups is 3. The highest BCUT2D eigenvalue weighted by molar-refractivity contribution is 5.96. The van der Waals surface area contributed by atoms with E-state index in [-0.39, 0.29) is 23.5 Å². The maximum Gasteiger partial charge on any atom is 0.248 e. The van der Waals surface area contributed by atoms with Gasteiger partial charge in [-0.25, -0.2) is 0 Å². The summed E-state index contributed by atoms with van der Waals surface area (Å²) < 4.78 is 0. The number of allylic oxidation sites excluding steroid dienone is 6. The van der Waals surface area contributed by atoms with Gasteiger partial charge in [0.25, 0.3) is 0 Å². The Morgan fingerprint density at radius 1 is 1.18 bits per heavy atom. The lowest BCUT2D eigenvalue weighted by molar-refractivity contribution is -0.118. The molecule has 33 heavy (non-hydrogen) atoms. The molecule has 2 atom stereocenters. The third-order valence-electron chi connectivity index (χ3n) is 6.09. The predicted octanol–water partition coefficient (Wildman–Crippen LogP) is 5.19. The van der Waals surface area contributed by atoms with Crippen molar-refractivity contribution in [2.45, 2.75) is 59.4 Å². The van der Waals surface area contributed by atoms with Crippen LogP contribution in [0.2, 0.25) is 0 Å². The zero-order valence-corrected chi connectivity index (χ0v) is 20.0. The van der Waals surface area contributed by atoms with Crippen LogP contribution >= 0.6 is 0 Å². The van der Waals surface area contributed by atoms with Gasteiger partial charge in [-0.2, -0.15) is 0 Å². The average molecular weight is 449 g/mol. The second kappa shape index (κ2) is 12.7. The molecule has 1 aromatic rings. The van der Waals surface area contributed by atoms with Crippen molar-refractivity contribution in [3.63, 3.8) is 0 Å². The zero-order valence-electron chi connectivity index (χ0n) is 20.0. The number of ketones is 1. The van der Waals surface area contributed by atoms with E-state index in [0.29, 0.717) is 30.5 Å². The van der Waals surface area contributed by atoms with Crippen LogP contribution in [-0.4, -0.2) is 17.6 Å². The topological polar surface area (TPSA) is 89.3 Å². The molecule has 0 radical (unpaired) electrons. The van der Waals surface area contributed by atoms with Crippen molar-refractivity contribution >= 4 is 17.6 Å². The Labute approximate surface area is 197 Å². The minimum atomic E-state index is -0.480. The molecule has 3 N–H and O–H groups in total. The van der Waals surface area contributed by atoms with Gasteiger partial charge in [-0.1, -0.05) is 75.8 Å². The summed E-state index contributed by atoms with van der Waals surface area (Å²) in [6, 6.07) is 6.86. The minimum absolute atomic E-state index is 0.0108. The maximum atomic E-state index is 13.1. The third kappa shape index (κ3) is 7.70. The summed E-state index contributed by atoms with van der Waals surface area (Å²) in [6.45, 7) is 10.5. The predicted molar refractivity (Wildman–Crippen MR) is 133 cm³/mol. The molecule has 5 heteroatoms. The second-order valence-corrected chi connectivity index (χ2v) is 8.61. The Kier molecular flexibility index (Phi) is 10.0. The van der Waals surface area contributed by atoms with Gasteiger partial charge in [0.2, 0.25) is 11.8 Å². The average Bonchev–Trinajstić information content (AvgIpc) is 2.80.